The van der Waals surface area contributed by atoms with E-state index in [0.29, 0.717) is 11.6 Å². The van der Waals surface area contributed by atoms with E-state index in [4.69, 9.17) is 0 Å². The smallest absolute Gasteiger partial charge is 0.272 e. The number of benzene rings is 1. The third kappa shape index (κ3) is 4.67. The van der Waals surface area contributed by atoms with E-state index < -0.39 is 0 Å². The van der Waals surface area contributed by atoms with Crippen LogP contribution in [0.2, 0.25) is 0 Å². The first-order chi connectivity index (χ1) is 12.5. The van der Waals surface area contributed by atoms with Gasteiger partial charge < -0.3 is 4.90 Å². The van der Waals surface area contributed by atoms with Crippen molar-refractivity contribution < 1.29 is 4.79 Å². The summed E-state index contributed by atoms with van der Waals surface area (Å²) in [6.07, 6.45) is 2.18. The molecule has 1 fully saturated rings. The Hall–Kier alpha value is -1.81. The molecule has 4 heteroatoms. The fraction of sp³-hybridized carbons (Fsp3) is 0.455. The summed E-state index contributed by atoms with van der Waals surface area (Å²) < 4.78 is 0. The molecule has 0 N–H and O–H groups in total. The molecule has 1 saturated heterocycles. The first-order valence-corrected chi connectivity index (χ1v) is 10.5. The Morgan fingerprint density at radius 2 is 1.88 bits per heavy atom. The first-order valence-electron chi connectivity index (χ1n) is 9.51. The molecule has 1 aromatic carbocycles. The van der Waals surface area contributed by atoms with Crippen LogP contribution in [0.15, 0.2) is 47.4 Å². The molecule has 0 unspecified atom stereocenters. The molecule has 138 valence electrons. The number of thioether (sulfide) groups is 1. The van der Waals surface area contributed by atoms with Gasteiger partial charge in [0.05, 0.1) is 5.69 Å². The van der Waals surface area contributed by atoms with Crippen LogP contribution in [-0.4, -0.2) is 28.9 Å². The number of carbonyl (C=O) groups is 1. The van der Waals surface area contributed by atoms with E-state index in [9.17, 15) is 4.79 Å². The topological polar surface area (TPSA) is 33.2 Å². The number of piperidine rings is 1. The van der Waals surface area contributed by atoms with E-state index in [-0.39, 0.29) is 5.91 Å². The third-order valence-corrected chi connectivity index (χ3v) is 6.14. The maximum atomic E-state index is 12.7. The van der Waals surface area contributed by atoms with Gasteiger partial charge in [-0.2, -0.15) is 0 Å². The van der Waals surface area contributed by atoms with Crippen molar-refractivity contribution >= 4 is 17.7 Å². The van der Waals surface area contributed by atoms with Gasteiger partial charge in [-0.3, -0.25) is 4.79 Å². The lowest BCUT2D eigenvalue weighted by molar-refractivity contribution is 0.0691. The Morgan fingerprint density at radius 1 is 1.15 bits per heavy atom. The van der Waals surface area contributed by atoms with Crippen molar-refractivity contribution in [3.05, 3.63) is 59.4 Å². The number of hydrogen-bond acceptors (Lipinski definition) is 3. The predicted molar refractivity (Wildman–Crippen MR) is 109 cm³/mol. The van der Waals surface area contributed by atoms with Crippen LogP contribution in [-0.2, 0) is 5.75 Å². The summed E-state index contributed by atoms with van der Waals surface area (Å²) in [4.78, 5) is 20.6. The average molecular weight is 369 g/mol. The van der Waals surface area contributed by atoms with Crippen LogP contribution in [0, 0.1) is 5.92 Å². The van der Waals surface area contributed by atoms with E-state index in [0.717, 1.165) is 43.3 Å². The zero-order chi connectivity index (χ0) is 18.5. The molecule has 0 aliphatic carbocycles. The lowest BCUT2D eigenvalue weighted by atomic mass is 9.99. The maximum absolute atomic E-state index is 12.7. The summed E-state index contributed by atoms with van der Waals surface area (Å²) in [6.45, 7) is 8.39. The lowest BCUT2D eigenvalue weighted by Gasteiger charge is -2.30. The second-order valence-corrected chi connectivity index (χ2v) is 8.49. The third-order valence-electron chi connectivity index (χ3n) is 5.01. The summed E-state index contributed by atoms with van der Waals surface area (Å²) in [5, 5.41) is 0. The molecule has 3 rings (SSSR count). The van der Waals surface area contributed by atoms with E-state index in [2.05, 4.69) is 50.0 Å². The monoisotopic (exact) mass is 368 g/mol. The highest BCUT2D eigenvalue weighted by Crippen LogP contribution is 2.30. The van der Waals surface area contributed by atoms with Crippen LogP contribution in [0.4, 0.5) is 0 Å². The van der Waals surface area contributed by atoms with Crippen LogP contribution in [0.5, 0.6) is 0 Å². The summed E-state index contributed by atoms with van der Waals surface area (Å²) in [5.74, 6) is 2.07. The molecule has 3 nitrogen and oxygen atoms in total. The number of amides is 1. The van der Waals surface area contributed by atoms with Gasteiger partial charge in [0.1, 0.15) is 5.69 Å². The van der Waals surface area contributed by atoms with Crippen molar-refractivity contribution in [2.75, 3.05) is 13.1 Å². The molecule has 26 heavy (non-hydrogen) atoms. The fourth-order valence-electron chi connectivity index (χ4n) is 3.29. The summed E-state index contributed by atoms with van der Waals surface area (Å²) in [5.41, 5.74) is 2.91. The average Bonchev–Trinajstić information content (AvgIpc) is 2.67. The number of likely N-dealkylation sites (tertiary alicyclic amines) is 1. The van der Waals surface area contributed by atoms with Gasteiger partial charge in [0, 0.05) is 23.7 Å². The van der Waals surface area contributed by atoms with Crippen LogP contribution < -0.4 is 0 Å². The van der Waals surface area contributed by atoms with Gasteiger partial charge in [-0.1, -0.05) is 45.0 Å². The van der Waals surface area contributed by atoms with E-state index in [1.807, 2.05) is 23.1 Å². The standard InChI is InChI=1S/C22H28N2OS/c1-16(2)19-8-4-5-10-21(19)26-15-18-7-6-9-20(23-18)22(25)24-13-11-17(3)12-14-24/h4-10,16-17H,11-15H2,1-3H3. The van der Waals surface area contributed by atoms with Gasteiger partial charge >= 0.3 is 0 Å². The second-order valence-electron chi connectivity index (χ2n) is 7.47. The molecule has 0 spiro atoms. The van der Waals surface area contributed by atoms with Gasteiger partial charge in [0.15, 0.2) is 0 Å². The van der Waals surface area contributed by atoms with Crippen molar-refractivity contribution in [3.8, 4) is 0 Å². The highest BCUT2D eigenvalue weighted by Gasteiger charge is 2.22. The van der Waals surface area contributed by atoms with Gasteiger partial charge in [-0.15, -0.1) is 11.8 Å². The number of rotatable bonds is 5. The molecule has 2 heterocycles. The highest BCUT2D eigenvalue weighted by atomic mass is 32.2. The summed E-state index contributed by atoms with van der Waals surface area (Å²) in [6, 6.07) is 14.4. The van der Waals surface area contributed by atoms with Crippen molar-refractivity contribution in [3.63, 3.8) is 0 Å². The normalized spacial score (nSPS) is 15.5. The summed E-state index contributed by atoms with van der Waals surface area (Å²) >= 11 is 1.80. The van der Waals surface area contributed by atoms with Gasteiger partial charge in [-0.25, -0.2) is 4.98 Å². The van der Waals surface area contributed by atoms with Crippen molar-refractivity contribution in [2.24, 2.45) is 5.92 Å². The molecule has 0 radical (unpaired) electrons. The van der Waals surface area contributed by atoms with Crippen molar-refractivity contribution in [1.29, 1.82) is 0 Å². The molecule has 0 bridgehead atoms. The molecular formula is C22H28N2OS. The Labute approximate surface area is 161 Å². The fourth-order valence-corrected chi connectivity index (χ4v) is 4.40. The molecule has 0 saturated carbocycles. The molecule has 1 aliphatic rings. The zero-order valence-electron chi connectivity index (χ0n) is 15.9. The first kappa shape index (κ1) is 19.0. The van der Waals surface area contributed by atoms with Crippen LogP contribution in [0.25, 0.3) is 0 Å². The molecular weight excluding hydrogens is 340 g/mol. The van der Waals surface area contributed by atoms with Crippen LogP contribution in [0.1, 0.15) is 61.3 Å². The minimum absolute atomic E-state index is 0.0753. The molecule has 1 amide bonds. The molecule has 0 atom stereocenters. The molecule has 2 aromatic rings. The minimum Gasteiger partial charge on any atom is -0.337 e. The minimum atomic E-state index is 0.0753. The number of pyridine rings is 1. The Balaban J connectivity index is 1.67. The van der Waals surface area contributed by atoms with Crippen molar-refractivity contribution in [1.82, 2.24) is 9.88 Å². The lowest BCUT2D eigenvalue weighted by Crippen LogP contribution is -2.38. The Bertz CT molecular complexity index is 751. The van der Waals surface area contributed by atoms with Gasteiger partial charge in [-0.05, 0) is 48.4 Å². The Kier molecular flexibility index (Phi) is 6.36. The predicted octanol–water partition coefficient (Wildman–Crippen LogP) is 5.37. The number of hydrogen-bond donors (Lipinski definition) is 0. The Morgan fingerprint density at radius 3 is 2.62 bits per heavy atom. The second kappa shape index (κ2) is 8.72. The molecule has 1 aliphatic heterocycles. The van der Waals surface area contributed by atoms with Crippen molar-refractivity contribution in [2.45, 2.75) is 50.2 Å². The van der Waals surface area contributed by atoms with Gasteiger partial charge in [0.2, 0.25) is 0 Å². The molecule has 1 aromatic heterocycles. The van der Waals surface area contributed by atoms with E-state index in [1.54, 1.807) is 11.8 Å². The van der Waals surface area contributed by atoms with Crippen LogP contribution in [0.3, 0.4) is 0 Å². The largest absolute Gasteiger partial charge is 0.337 e. The SMILES string of the molecule is CC1CCN(C(=O)c2cccc(CSc3ccccc3C(C)C)n2)CC1. The quantitative estimate of drug-likeness (QED) is 0.665. The van der Waals surface area contributed by atoms with E-state index in [1.165, 1.54) is 10.5 Å². The number of aromatic nitrogens is 1. The number of nitrogens with zero attached hydrogens (tertiary/aromatic N) is 2. The van der Waals surface area contributed by atoms with Crippen LogP contribution >= 0.6 is 11.8 Å². The summed E-state index contributed by atoms with van der Waals surface area (Å²) in [7, 11) is 0. The van der Waals surface area contributed by atoms with E-state index >= 15 is 0 Å². The maximum Gasteiger partial charge on any atom is 0.272 e. The van der Waals surface area contributed by atoms with Gasteiger partial charge in [0.25, 0.3) is 5.91 Å². The number of carbonyl (C=O) groups excluding carboxylic acids is 1. The zero-order valence-corrected chi connectivity index (χ0v) is 16.8. The highest BCUT2D eigenvalue weighted by molar-refractivity contribution is 7.98.